The van der Waals surface area contributed by atoms with E-state index in [-0.39, 0.29) is 18.0 Å². The molecule has 4 saturated carbocycles. The number of anilines is 1. The number of piperazine rings is 1. The third-order valence-corrected chi connectivity index (χ3v) is 15.6. The molecule has 3 saturated heterocycles. The molecule has 3 heterocycles. The van der Waals surface area contributed by atoms with Crippen LogP contribution in [0.25, 0.3) is 0 Å². The van der Waals surface area contributed by atoms with Gasteiger partial charge in [0.1, 0.15) is 6.10 Å². The second-order valence-corrected chi connectivity index (χ2v) is 18.3. The van der Waals surface area contributed by atoms with Gasteiger partial charge in [-0.3, -0.25) is 4.90 Å². The topological polar surface area (TPSA) is 54.5 Å². The van der Waals surface area contributed by atoms with E-state index in [9.17, 15) is 4.79 Å². The van der Waals surface area contributed by atoms with E-state index in [1.165, 1.54) is 56.2 Å². The van der Waals surface area contributed by atoms with Crippen molar-refractivity contribution in [1.29, 1.82) is 0 Å². The van der Waals surface area contributed by atoms with Gasteiger partial charge >= 0.3 is 6.09 Å². The molecule has 266 valence electrons. The Morgan fingerprint density at radius 1 is 0.896 bits per heavy atom. The molecule has 1 amide bonds. The second kappa shape index (κ2) is 12.4. The number of carbonyl (C=O) groups excluding carboxylic acids is 1. The van der Waals surface area contributed by atoms with Crippen molar-refractivity contribution in [2.75, 3.05) is 51.8 Å². The maximum Gasteiger partial charge on any atom is 0.410 e. The van der Waals surface area contributed by atoms with Crippen molar-refractivity contribution < 1.29 is 19.0 Å². The number of benzene rings is 1. The summed E-state index contributed by atoms with van der Waals surface area (Å²) in [5.41, 5.74) is 3.30. The zero-order valence-electron chi connectivity index (χ0n) is 30.8. The van der Waals surface area contributed by atoms with Crippen LogP contribution < -0.4 is 4.90 Å². The van der Waals surface area contributed by atoms with E-state index in [1.54, 1.807) is 0 Å². The number of rotatable bonds is 4. The van der Waals surface area contributed by atoms with Crippen molar-refractivity contribution >= 4 is 11.8 Å². The van der Waals surface area contributed by atoms with E-state index < -0.39 is 0 Å². The molecule has 48 heavy (non-hydrogen) atoms. The molecule has 4 aliphatic carbocycles. The Kier molecular flexibility index (Phi) is 8.64. The normalized spacial score (nSPS) is 45.6. The summed E-state index contributed by atoms with van der Waals surface area (Å²) in [6.07, 6.45) is 12.5. The van der Waals surface area contributed by atoms with Crippen LogP contribution in [0.5, 0.6) is 0 Å². The Bertz CT molecular complexity index is 1320. The predicted octanol–water partition coefficient (Wildman–Crippen LogP) is 7.82. The Hall–Kier alpha value is -1.83. The van der Waals surface area contributed by atoms with Crippen molar-refractivity contribution in [3.8, 4) is 0 Å². The SMILES string of the molecule is C[C@H]1CC[C@@]2(OC1)OC1CC3C4CCC5C[C@@H](OC(=O)N6CCN(Cc7ccc(N(C)C)cc7)CC6)CC[C@]5(C)C4CC[C@]3(C)C1[C@@H]2C. The first-order valence-corrected chi connectivity index (χ1v) is 19.7. The van der Waals surface area contributed by atoms with Gasteiger partial charge in [0.15, 0.2) is 5.79 Å². The molecule has 7 fully saturated rings. The maximum atomic E-state index is 13.4. The van der Waals surface area contributed by atoms with Gasteiger partial charge in [-0.15, -0.1) is 0 Å². The molecule has 8 rings (SSSR count). The van der Waals surface area contributed by atoms with Crippen molar-refractivity contribution in [2.24, 2.45) is 52.3 Å². The van der Waals surface area contributed by atoms with Gasteiger partial charge in [0.2, 0.25) is 0 Å². The van der Waals surface area contributed by atoms with Crippen molar-refractivity contribution in [2.45, 2.75) is 116 Å². The van der Waals surface area contributed by atoms with Crippen LogP contribution in [0.4, 0.5) is 10.5 Å². The molecule has 7 aliphatic rings. The van der Waals surface area contributed by atoms with Crippen molar-refractivity contribution in [1.82, 2.24) is 9.80 Å². The maximum absolute atomic E-state index is 13.4. The van der Waals surface area contributed by atoms with Crippen molar-refractivity contribution in [3.05, 3.63) is 29.8 Å². The largest absolute Gasteiger partial charge is 0.446 e. The molecular weight excluding hydrogens is 598 g/mol. The van der Waals surface area contributed by atoms with Crippen LogP contribution in [-0.4, -0.2) is 80.8 Å². The van der Waals surface area contributed by atoms with Crippen LogP contribution in [0.15, 0.2) is 24.3 Å². The highest BCUT2D eigenvalue weighted by Crippen LogP contribution is 2.71. The Morgan fingerprint density at radius 3 is 2.35 bits per heavy atom. The molecule has 1 spiro atoms. The fourth-order valence-electron chi connectivity index (χ4n) is 12.8. The van der Waals surface area contributed by atoms with Crippen LogP contribution >= 0.6 is 0 Å². The molecular formula is C41H63N3O4. The standard InChI is InChI=1S/C41H63N3O4/c1-27-13-18-41(46-26-27)28(2)37-36(48-41)24-35-33-12-9-30-23-32(14-16-39(30,3)34(33)15-17-40(35,37)4)47-38(45)44-21-19-43(20-22-44)25-29-7-10-31(11-8-29)42(5)6/h7-8,10-11,27-28,30,32-37H,9,12-26H2,1-6H3/t27-,28-,30?,32-,33?,34?,35?,36?,37?,39-,40-,41+/m0/s1. The highest BCUT2D eigenvalue weighted by atomic mass is 16.7. The summed E-state index contributed by atoms with van der Waals surface area (Å²) < 4.78 is 19.9. The number of nitrogens with zero attached hydrogens (tertiary/aromatic N) is 3. The van der Waals surface area contributed by atoms with E-state index >= 15 is 0 Å². The molecule has 0 radical (unpaired) electrons. The zero-order valence-corrected chi connectivity index (χ0v) is 30.8. The lowest BCUT2D eigenvalue weighted by Crippen LogP contribution is -2.55. The number of amides is 1. The molecule has 0 aromatic heterocycles. The van der Waals surface area contributed by atoms with Gasteiger partial charge in [-0.25, -0.2) is 4.79 Å². The first kappa shape index (κ1) is 33.3. The quantitative estimate of drug-likeness (QED) is 0.328. The molecule has 1 aromatic rings. The van der Waals surface area contributed by atoms with Crippen LogP contribution in [0.2, 0.25) is 0 Å². The van der Waals surface area contributed by atoms with E-state index in [1.807, 2.05) is 4.90 Å². The number of hydrogen-bond donors (Lipinski definition) is 0. The first-order valence-electron chi connectivity index (χ1n) is 19.7. The third kappa shape index (κ3) is 5.52. The first-order chi connectivity index (χ1) is 23.0. The molecule has 1 aromatic carbocycles. The number of hydrogen-bond acceptors (Lipinski definition) is 6. The lowest BCUT2D eigenvalue weighted by molar-refractivity contribution is -0.273. The van der Waals surface area contributed by atoms with Crippen LogP contribution in [0, 0.1) is 52.3 Å². The predicted molar refractivity (Wildman–Crippen MR) is 190 cm³/mol. The van der Waals surface area contributed by atoms with E-state index in [4.69, 9.17) is 14.2 Å². The Morgan fingerprint density at radius 2 is 1.65 bits per heavy atom. The minimum absolute atomic E-state index is 0.0729. The van der Waals surface area contributed by atoms with Crippen molar-refractivity contribution in [3.63, 3.8) is 0 Å². The number of carbonyl (C=O) groups is 1. The Labute approximate surface area is 290 Å². The minimum Gasteiger partial charge on any atom is -0.446 e. The molecule has 0 N–H and O–H groups in total. The van der Waals surface area contributed by atoms with Gasteiger partial charge in [0.05, 0.1) is 12.7 Å². The summed E-state index contributed by atoms with van der Waals surface area (Å²) in [7, 11) is 4.15. The molecule has 7 heteroatoms. The van der Waals surface area contributed by atoms with E-state index in [0.717, 1.165) is 76.3 Å². The monoisotopic (exact) mass is 661 g/mol. The van der Waals surface area contributed by atoms with Gasteiger partial charge in [0, 0.05) is 64.8 Å². The van der Waals surface area contributed by atoms with Gasteiger partial charge in [-0.2, -0.15) is 0 Å². The van der Waals surface area contributed by atoms with E-state index in [2.05, 4.69) is 75.9 Å². The highest BCUT2D eigenvalue weighted by Gasteiger charge is 2.69. The number of fused-ring (bicyclic) bond motifs is 7. The fourth-order valence-corrected chi connectivity index (χ4v) is 12.8. The summed E-state index contributed by atoms with van der Waals surface area (Å²) in [5, 5.41) is 0. The molecule has 7 nitrogen and oxygen atoms in total. The Balaban J connectivity index is 0.844. The van der Waals surface area contributed by atoms with Crippen LogP contribution in [0.3, 0.4) is 0 Å². The highest BCUT2D eigenvalue weighted by molar-refractivity contribution is 5.68. The smallest absolute Gasteiger partial charge is 0.410 e. The molecule has 3 aliphatic heterocycles. The summed E-state index contributed by atoms with van der Waals surface area (Å²) in [6, 6.07) is 8.82. The van der Waals surface area contributed by atoms with Gasteiger partial charge in [0.25, 0.3) is 0 Å². The minimum atomic E-state index is -0.321. The van der Waals surface area contributed by atoms with Gasteiger partial charge in [-0.05, 0) is 122 Å². The van der Waals surface area contributed by atoms with E-state index in [0.29, 0.717) is 40.6 Å². The average Bonchev–Trinajstić information content (AvgIpc) is 3.52. The zero-order chi connectivity index (χ0) is 33.4. The third-order valence-electron chi connectivity index (χ3n) is 15.6. The summed E-state index contributed by atoms with van der Waals surface area (Å²) in [4.78, 5) is 19.9. The molecule has 6 unspecified atom stereocenters. The summed E-state index contributed by atoms with van der Waals surface area (Å²) >= 11 is 0. The summed E-state index contributed by atoms with van der Waals surface area (Å²) in [6.45, 7) is 15.2. The fraction of sp³-hybridized carbons (Fsp3) is 0.829. The lowest BCUT2D eigenvalue weighted by atomic mass is 9.44. The molecule has 0 bridgehead atoms. The van der Waals surface area contributed by atoms with Crippen LogP contribution in [-0.2, 0) is 20.8 Å². The van der Waals surface area contributed by atoms with Gasteiger partial charge < -0.3 is 24.0 Å². The number of ether oxygens (including phenoxy) is 3. The van der Waals surface area contributed by atoms with Gasteiger partial charge in [-0.1, -0.05) is 39.8 Å². The lowest BCUT2D eigenvalue weighted by Gasteiger charge is -2.61. The van der Waals surface area contributed by atoms with Crippen LogP contribution in [0.1, 0.15) is 97.5 Å². The molecule has 12 atom stereocenters. The summed E-state index contributed by atoms with van der Waals surface area (Å²) in [5.74, 6) is 4.51. The average molecular weight is 662 g/mol. The second-order valence-electron chi connectivity index (χ2n) is 18.3.